The van der Waals surface area contributed by atoms with Crippen molar-refractivity contribution in [3.8, 4) is 5.69 Å². The van der Waals surface area contributed by atoms with Crippen LogP contribution in [0.5, 0.6) is 0 Å². The molecule has 0 bridgehead atoms. The number of thioether (sulfide) groups is 1. The van der Waals surface area contributed by atoms with E-state index in [1.54, 1.807) is 13.8 Å². The van der Waals surface area contributed by atoms with Crippen molar-refractivity contribution in [3.63, 3.8) is 0 Å². The molecule has 0 unspecified atom stereocenters. The molecule has 23 heavy (non-hydrogen) atoms. The minimum Gasteiger partial charge on any atom is -0.273 e. The number of hydrogen-bond acceptors (Lipinski definition) is 5. The Morgan fingerprint density at radius 3 is 2.22 bits per heavy atom. The van der Waals surface area contributed by atoms with Crippen LogP contribution in [0.1, 0.15) is 26.7 Å². The van der Waals surface area contributed by atoms with E-state index in [2.05, 4.69) is 10.2 Å². The molecule has 0 saturated heterocycles. The summed E-state index contributed by atoms with van der Waals surface area (Å²) in [6, 6.07) is 7.45. The molecule has 0 saturated carbocycles. The maximum absolute atomic E-state index is 12.5. The standard InChI is InChI=1S/C15H17N5O2S/c1-4-12(21)19-11-9-7-6-8-10(11)18-14(16-17-15(18)23-3)20(19)13(22)5-2/h6-9H,4-5H2,1-3H3. The van der Waals surface area contributed by atoms with Gasteiger partial charge in [0.05, 0.1) is 11.4 Å². The lowest BCUT2D eigenvalue weighted by atomic mass is 10.2. The topological polar surface area (TPSA) is 71.3 Å². The monoisotopic (exact) mass is 331 g/mol. The number of anilines is 2. The first-order valence-electron chi connectivity index (χ1n) is 7.38. The number of amides is 2. The molecule has 2 aromatic rings. The summed E-state index contributed by atoms with van der Waals surface area (Å²) in [5, 5.41) is 11.7. The lowest BCUT2D eigenvalue weighted by molar-refractivity contribution is -0.123. The smallest absolute Gasteiger partial charge is 0.259 e. The molecule has 120 valence electrons. The van der Waals surface area contributed by atoms with Gasteiger partial charge in [-0.1, -0.05) is 37.7 Å². The number of para-hydroxylation sites is 2. The van der Waals surface area contributed by atoms with Crippen molar-refractivity contribution in [2.24, 2.45) is 0 Å². The molecule has 3 rings (SSSR count). The van der Waals surface area contributed by atoms with Crippen molar-refractivity contribution in [1.82, 2.24) is 14.8 Å². The number of fused-ring (bicyclic) bond motifs is 3. The first-order valence-corrected chi connectivity index (χ1v) is 8.61. The lowest BCUT2D eigenvalue weighted by Gasteiger charge is -2.38. The second kappa shape index (κ2) is 6.04. The Kier molecular flexibility index (Phi) is 4.08. The molecular weight excluding hydrogens is 314 g/mol. The van der Waals surface area contributed by atoms with E-state index >= 15 is 0 Å². The Morgan fingerprint density at radius 1 is 1.00 bits per heavy atom. The second-order valence-corrected chi connectivity index (χ2v) is 5.70. The van der Waals surface area contributed by atoms with Crippen LogP contribution in [0.3, 0.4) is 0 Å². The number of nitrogens with zero attached hydrogens (tertiary/aromatic N) is 5. The molecule has 0 spiro atoms. The van der Waals surface area contributed by atoms with Crippen LogP contribution >= 0.6 is 11.8 Å². The highest BCUT2D eigenvalue weighted by molar-refractivity contribution is 7.98. The predicted molar refractivity (Wildman–Crippen MR) is 88.7 cm³/mol. The number of hydrazine groups is 1. The summed E-state index contributed by atoms with van der Waals surface area (Å²) in [6.45, 7) is 3.53. The molecule has 0 radical (unpaired) electrons. The van der Waals surface area contributed by atoms with E-state index in [0.29, 0.717) is 16.8 Å². The molecule has 2 amide bonds. The molecule has 7 nitrogen and oxygen atoms in total. The fraction of sp³-hybridized carbons (Fsp3) is 0.333. The van der Waals surface area contributed by atoms with Crippen molar-refractivity contribution in [1.29, 1.82) is 0 Å². The summed E-state index contributed by atoms with van der Waals surface area (Å²) in [7, 11) is 0. The zero-order valence-corrected chi connectivity index (χ0v) is 14.0. The summed E-state index contributed by atoms with van der Waals surface area (Å²) < 4.78 is 1.81. The van der Waals surface area contributed by atoms with Gasteiger partial charge in [0.1, 0.15) is 0 Å². The Bertz CT molecular complexity index is 773. The van der Waals surface area contributed by atoms with Crippen LogP contribution < -0.4 is 10.0 Å². The van der Waals surface area contributed by atoms with Crippen molar-refractivity contribution < 1.29 is 9.59 Å². The third kappa shape index (κ3) is 2.29. The molecule has 0 atom stereocenters. The Morgan fingerprint density at radius 2 is 1.61 bits per heavy atom. The fourth-order valence-corrected chi connectivity index (χ4v) is 3.03. The molecule has 0 N–H and O–H groups in total. The Hall–Kier alpha value is -2.35. The Balaban J connectivity index is 2.30. The normalized spacial score (nSPS) is 12.8. The number of carbonyl (C=O) groups is 2. The summed E-state index contributed by atoms with van der Waals surface area (Å²) in [5.74, 6) is -0.0245. The van der Waals surface area contributed by atoms with Crippen LogP contribution in [0.4, 0.5) is 11.6 Å². The van der Waals surface area contributed by atoms with Gasteiger partial charge in [-0.3, -0.25) is 14.2 Å². The molecule has 1 aromatic heterocycles. The molecular formula is C15H17N5O2S. The van der Waals surface area contributed by atoms with Crippen LogP contribution in [0, 0.1) is 0 Å². The number of rotatable bonds is 3. The maximum atomic E-state index is 12.5. The highest BCUT2D eigenvalue weighted by Crippen LogP contribution is 2.38. The van der Waals surface area contributed by atoms with E-state index in [4.69, 9.17) is 0 Å². The third-order valence-corrected chi connectivity index (χ3v) is 4.25. The maximum Gasteiger partial charge on any atom is 0.259 e. The third-order valence-electron chi connectivity index (χ3n) is 3.62. The van der Waals surface area contributed by atoms with Gasteiger partial charge in [-0.05, 0) is 18.4 Å². The minimum atomic E-state index is -0.206. The van der Waals surface area contributed by atoms with Crippen LogP contribution in [0.2, 0.25) is 0 Å². The predicted octanol–water partition coefficient (Wildman–Crippen LogP) is 2.40. The second-order valence-electron chi connectivity index (χ2n) is 4.93. The van der Waals surface area contributed by atoms with Gasteiger partial charge in [-0.15, -0.1) is 10.2 Å². The van der Waals surface area contributed by atoms with Gasteiger partial charge < -0.3 is 0 Å². The number of hydrogen-bond donors (Lipinski definition) is 0. The van der Waals surface area contributed by atoms with E-state index in [9.17, 15) is 9.59 Å². The van der Waals surface area contributed by atoms with E-state index in [-0.39, 0.29) is 24.7 Å². The molecule has 1 aliphatic heterocycles. The molecule has 8 heteroatoms. The van der Waals surface area contributed by atoms with Crippen molar-refractivity contribution in [2.45, 2.75) is 31.8 Å². The van der Waals surface area contributed by atoms with Gasteiger partial charge in [0.2, 0.25) is 11.8 Å². The van der Waals surface area contributed by atoms with Gasteiger partial charge in [0.15, 0.2) is 5.16 Å². The van der Waals surface area contributed by atoms with Gasteiger partial charge in [-0.2, -0.15) is 5.01 Å². The zero-order chi connectivity index (χ0) is 16.6. The molecule has 0 fully saturated rings. The highest BCUT2D eigenvalue weighted by atomic mass is 32.2. The van der Waals surface area contributed by atoms with Gasteiger partial charge in [0.25, 0.3) is 5.95 Å². The van der Waals surface area contributed by atoms with Gasteiger partial charge in [0, 0.05) is 12.8 Å². The SMILES string of the molecule is CCC(=O)N1c2ccccc2-n2c(SC)nnc2N1C(=O)CC. The molecule has 2 heterocycles. The molecule has 0 aliphatic carbocycles. The largest absolute Gasteiger partial charge is 0.273 e. The van der Waals surface area contributed by atoms with Crippen LogP contribution in [-0.2, 0) is 9.59 Å². The van der Waals surface area contributed by atoms with Gasteiger partial charge >= 0.3 is 0 Å². The van der Waals surface area contributed by atoms with Crippen molar-refractivity contribution in [3.05, 3.63) is 24.3 Å². The van der Waals surface area contributed by atoms with Crippen LogP contribution in [-0.4, -0.2) is 32.8 Å². The van der Waals surface area contributed by atoms with Crippen molar-refractivity contribution in [2.75, 3.05) is 16.3 Å². The van der Waals surface area contributed by atoms with E-state index in [1.807, 2.05) is 35.1 Å². The number of benzene rings is 1. The van der Waals surface area contributed by atoms with Gasteiger partial charge in [-0.25, -0.2) is 5.01 Å². The van der Waals surface area contributed by atoms with Crippen LogP contribution in [0.15, 0.2) is 29.4 Å². The summed E-state index contributed by atoms with van der Waals surface area (Å²) >= 11 is 1.44. The van der Waals surface area contributed by atoms with E-state index in [1.165, 1.54) is 21.8 Å². The molecule has 1 aliphatic rings. The highest BCUT2D eigenvalue weighted by Gasteiger charge is 2.38. The van der Waals surface area contributed by atoms with Crippen molar-refractivity contribution >= 4 is 35.2 Å². The zero-order valence-electron chi connectivity index (χ0n) is 13.2. The summed E-state index contributed by atoms with van der Waals surface area (Å²) in [4.78, 5) is 25.0. The minimum absolute atomic E-state index is 0.167. The molecule has 1 aromatic carbocycles. The quantitative estimate of drug-likeness (QED) is 0.808. The Labute approximate surface area is 138 Å². The van der Waals surface area contributed by atoms with Crippen LogP contribution in [0.25, 0.3) is 5.69 Å². The van der Waals surface area contributed by atoms with E-state index < -0.39 is 0 Å². The number of aromatic nitrogens is 3. The average Bonchev–Trinajstić information content (AvgIpc) is 3.03. The first kappa shape index (κ1) is 15.5. The number of carbonyl (C=O) groups excluding carboxylic acids is 2. The summed E-state index contributed by atoms with van der Waals surface area (Å²) in [6.07, 6.45) is 2.44. The average molecular weight is 331 g/mol. The lowest BCUT2D eigenvalue weighted by Crippen LogP contribution is -2.53. The first-order chi connectivity index (χ1) is 11.1. The van der Waals surface area contributed by atoms with E-state index in [0.717, 1.165) is 5.69 Å². The summed E-state index contributed by atoms with van der Waals surface area (Å²) in [5.41, 5.74) is 1.45. The fourth-order valence-electron chi connectivity index (χ4n) is 2.54.